The zero-order valence-electron chi connectivity index (χ0n) is 11.7. The van der Waals surface area contributed by atoms with Crippen molar-refractivity contribution >= 4 is 11.6 Å². The van der Waals surface area contributed by atoms with Gasteiger partial charge in [-0.05, 0) is 36.1 Å². The van der Waals surface area contributed by atoms with E-state index in [0.717, 1.165) is 17.7 Å². The molecule has 0 radical (unpaired) electrons. The van der Waals surface area contributed by atoms with Gasteiger partial charge in [0.05, 0.1) is 12.6 Å². The first-order valence-corrected chi connectivity index (χ1v) is 6.90. The number of aliphatic imine (C=N–C) groups is 1. The van der Waals surface area contributed by atoms with Crippen LogP contribution in [0.5, 0.6) is 0 Å². The van der Waals surface area contributed by atoms with Crippen LogP contribution in [0.1, 0.15) is 12.5 Å². The van der Waals surface area contributed by atoms with Gasteiger partial charge in [0.1, 0.15) is 0 Å². The van der Waals surface area contributed by atoms with Gasteiger partial charge in [0.25, 0.3) is 0 Å². The fourth-order valence-electron chi connectivity index (χ4n) is 2.86. The van der Waals surface area contributed by atoms with Crippen LogP contribution in [0.2, 0.25) is 0 Å². The highest BCUT2D eigenvalue weighted by Gasteiger charge is 2.34. The molecular weight excluding hydrogens is 246 g/mol. The summed E-state index contributed by atoms with van der Waals surface area (Å²) in [6, 6.07) is 8.53. The molecule has 0 saturated carbocycles. The molecule has 1 unspecified atom stereocenters. The molecule has 2 N–H and O–H groups in total. The summed E-state index contributed by atoms with van der Waals surface area (Å²) in [6.45, 7) is 7.00. The van der Waals surface area contributed by atoms with Crippen molar-refractivity contribution in [1.82, 2.24) is 0 Å². The molecule has 1 aromatic rings. The molecule has 1 atom stereocenters. The van der Waals surface area contributed by atoms with Gasteiger partial charge in [0.2, 0.25) is 0 Å². The summed E-state index contributed by atoms with van der Waals surface area (Å²) in [6.07, 6.45) is 7.14. The van der Waals surface area contributed by atoms with E-state index in [4.69, 9.17) is 5.73 Å². The highest BCUT2D eigenvalue weighted by Crippen LogP contribution is 2.36. The number of nitrogens with zero attached hydrogens (tertiary/aromatic N) is 2. The SMILES string of the molecule is C=C1/C(=C\C=C/C)Cc2ccccc2N2C(N)=NCC12. The largest absolute Gasteiger partial charge is 0.369 e. The number of hydrogen-bond acceptors (Lipinski definition) is 3. The summed E-state index contributed by atoms with van der Waals surface area (Å²) >= 11 is 0. The van der Waals surface area contributed by atoms with E-state index in [1.807, 2.05) is 19.1 Å². The summed E-state index contributed by atoms with van der Waals surface area (Å²) in [7, 11) is 0. The Morgan fingerprint density at radius 2 is 2.20 bits per heavy atom. The average molecular weight is 265 g/mol. The second-order valence-corrected chi connectivity index (χ2v) is 5.13. The number of para-hydroxylation sites is 1. The van der Waals surface area contributed by atoms with Crippen LogP contribution in [0.25, 0.3) is 0 Å². The molecule has 1 aromatic carbocycles. The lowest BCUT2D eigenvalue weighted by atomic mass is 9.96. The Balaban J connectivity index is 2.13. The van der Waals surface area contributed by atoms with Gasteiger partial charge in [-0.15, -0.1) is 0 Å². The van der Waals surface area contributed by atoms with Gasteiger partial charge in [-0.2, -0.15) is 0 Å². The molecule has 0 amide bonds. The van der Waals surface area contributed by atoms with Crippen LogP contribution in [0.4, 0.5) is 5.69 Å². The van der Waals surface area contributed by atoms with Gasteiger partial charge >= 0.3 is 0 Å². The number of hydrogen-bond donors (Lipinski definition) is 1. The van der Waals surface area contributed by atoms with E-state index in [9.17, 15) is 0 Å². The molecule has 3 heteroatoms. The van der Waals surface area contributed by atoms with E-state index in [1.165, 1.54) is 11.1 Å². The fourth-order valence-corrected chi connectivity index (χ4v) is 2.86. The zero-order chi connectivity index (χ0) is 14.1. The van der Waals surface area contributed by atoms with E-state index < -0.39 is 0 Å². The van der Waals surface area contributed by atoms with Crippen molar-refractivity contribution in [3.05, 3.63) is 65.8 Å². The minimum absolute atomic E-state index is 0.148. The monoisotopic (exact) mass is 265 g/mol. The number of anilines is 1. The number of nitrogens with two attached hydrogens (primary N) is 1. The lowest BCUT2D eigenvalue weighted by Crippen LogP contribution is -2.41. The smallest absolute Gasteiger partial charge is 0.196 e. The average Bonchev–Trinajstić information content (AvgIpc) is 2.79. The summed E-state index contributed by atoms with van der Waals surface area (Å²) in [4.78, 5) is 6.52. The molecule has 3 rings (SSSR count). The van der Waals surface area contributed by atoms with Crippen molar-refractivity contribution in [2.45, 2.75) is 19.4 Å². The molecule has 0 fully saturated rings. The van der Waals surface area contributed by atoms with Crippen LogP contribution < -0.4 is 10.6 Å². The molecule has 2 aliphatic rings. The third kappa shape index (κ3) is 1.95. The Hall–Kier alpha value is -2.29. The second-order valence-electron chi connectivity index (χ2n) is 5.13. The maximum absolute atomic E-state index is 6.08. The Labute approximate surface area is 119 Å². The minimum atomic E-state index is 0.148. The van der Waals surface area contributed by atoms with Crippen molar-refractivity contribution in [2.24, 2.45) is 10.7 Å². The maximum atomic E-state index is 6.08. The normalized spacial score (nSPS) is 23.8. The molecule has 0 saturated heterocycles. The van der Waals surface area contributed by atoms with Gasteiger partial charge in [-0.25, -0.2) is 0 Å². The molecule has 2 heterocycles. The van der Waals surface area contributed by atoms with Crippen LogP contribution in [0.3, 0.4) is 0 Å². The second kappa shape index (κ2) is 5.00. The predicted octanol–water partition coefficient (Wildman–Crippen LogP) is 2.80. The molecule has 0 aliphatic carbocycles. The van der Waals surface area contributed by atoms with Gasteiger partial charge < -0.3 is 10.6 Å². The standard InChI is InChI=1S/C17H19N3/c1-3-4-7-13-10-14-8-5-6-9-15(14)20-16(12(13)2)11-19-17(20)18/h3-9,16H,2,10-11H2,1H3,(H2,18,19)/b4-3-,13-7-. The van der Waals surface area contributed by atoms with Crippen molar-refractivity contribution in [2.75, 3.05) is 11.4 Å². The zero-order valence-corrected chi connectivity index (χ0v) is 11.7. The molecule has 2 aliphatic heterocycles. The van der Waals surface area contributed by atoms with Crippen molar-refractivity contribution < 1.29 is 0 Å². The number of benzene rings is 1. The van der Waals surface area contributed by atoms with Gasteiger partial charge in [0, 0.05) is 5.69 Å². The van der Waals surface area contributed by atoms with E-state index >= 15 is 0 Å². The van der Waals surface area contributed by atoms with Crippen LogP contribution in [-0.4, -0.2) is 18.5 Å². The Bertz CT molecular complexity index is 637. The Kier molecular flexibility index (Phi) is 3.18. The van der Waals surface area contributed by atoms with E-state index in [0.29, 0.717) is 12.5 Å². The van der Waals surface area contributed by atoms with Crippen LogP contribution in [0, 0.1) is 0 Å². The fraction of sp³-hybridized carbons (Fsp3) is 0.235. The van der Waals surface area contributed by atoms with Crippen molar-refractivity contribution in [3.63, 3.8) is 0 Å². The maximum Gasteiger partial charge on any atom is 0.196 e. The van der Waals surface area contributed by atoms with Crippen molar-refractivity contribution in [3.8, 4) is 0 Å². The lowest BCUT2D eigenvalue weighted by molar-refractivity contribution is 0.825. The minimum Gasteiger partial charge on any atom is -0.369 e. The lowest BCUT2D eigenvalue weighted by Gasteiger charge is -2.26. The molecule has 3 nitrogen and oxygen atoms in total. The molecule has 0 spiro atoms. The summed E-state index contributed by atoms with van der Waals surface area (Å²) in [5.41, 5.74) is 10.9. The van der Waals surface area contributed by atoms with Crippen LogP contribution >= 0.6 is 0 Å². The summed E-state index contributed by atoms with van der Waals surface area (Å²) in [5.74, 6) is 0.593. The first-order chi connectivity index (χ1) is 9.72. The number of rotatable bonds is 1. The number of fused-ring (bicyclic) bond motifs is 3. The Morgan fingerprint density at radius 3 is 3.00 bits per heavy atom. The predicted molar refractivity (Wildman–Crippen MR) is 84.9 cm³/mol. The molecular formula is C17H19N3. The van der Waals surface area contributed by atoms with Crippen LogP contribution in [-0.2, 0) is 6.42 Å². The van der Waals surface area contributed by atoms with E-state index in [-0.39, 0.29) is 6.04 Å². The van der Waals surface area contributed by atoms with Gasteiger partial charge in [0.15, 0.2) is 5.96 Å². The van der Waals surface area contributed by atoms with E-state index in [1.54, 1.807) is 0 Å². The summed E-state index contributed by atoms with van der Waals surface area (Å²) in [5, 5.41) is 0. The highest BCUT2D eigenvalue weighted by atomic mass is 15.3. The Morgan fingerprint density at radius 1 is 1.40 bits per heavy atom. The van der Waals surface area contributed by atoms with Gasteiger partial charge in [-0.1, -0.05) is 43.0 Å². The number of allylic oxidation sites excluding steroid dienone is 3. The first kappa shape index (κ1) is 12.7. The van der Waals surface area contributed by atoms with Crippen LogP contribution in [0.15, 0.2) is 65.2 Å². The van der Waals surface area contributed by atoms with Gasteiger partial charge in [-0.3, -0.25) is 4.99 Å². The topological polar surface area (TPSA) is 41.6 Å². The number of guanidine groups is 1. The first-order valence-electron chi connectivity index (χ1n) is 6.90. The highest BCUT2D eigenvalue weighted by molar-refractivity contribution is 5.99. The third-order valence-corrected chi connectivity index (χ3v) is 3.92. The molecule has 0 aromatic heterocycles. The quantitative estimate of drug-likeness (QED) is 0.848. The molecule has 20 heavy (non-hydrogen) atoms. The molecule has 0 bridgehead atoms. The third-order valence-electron chi connectivity index (χ3n) is 3.92. The molecule has 102 valence electrons. The van der Waals surface area contributed by atoms with E-state index in [2.05, 4.69) is 46.8 Å². The summed E-state index contributed by atoms with van der Waals surface area (Å²) < 4.78 is 0. The van der Waals surface area contributed by atoms with Crippen molar-refractivity contribution in [1.29, 1.82) is 0 Å².